The van der Waals surface area contributed by atoms with E-state index in [0.717, 1.165) is 0 Å². The predicted molar refractivity (Wildman–Crippen MR) is 105 cm³/mol. The predicted octanol–water partition coefficient (Wildman–Crippen LogP) is 4.20. The lowest BCUT2D eigenvalue weighted by molar-refractivity contribution is -0.115. The zero-order chi connectivity index (χ0) is 19.5. The molecule has 1 amide bonds. The van der Waals surface area contributed by atoms with Gasteiger partial charge in [0.05, 0.1) is 11.3 Å². The lowest BCUT2D eigenvalue weighted by atomic mass is 10.1. The fraction of sp³-hybridized carbons (Fsp3) is 0.278. The maximum Gasteiger partial charge on any atom is 0.243 e. The molecule has 8 heteroatoms. The smallest absolute Gasteiger partial charge is 0.243 e. The zero-order valence-corrected chi connectivity index (χ0v) is 17.0. The Morgan fingerprint density at radius 2 is 1.62 bits per heavy atom. The van der Waals surface area contributed by atoms with Crippen molar-refractivity contribution in [2.75, 3.05) is 12.4 Å². The maximum atomic E-state index is 12.4. The Hall–Kier alpha value is -1.60. The molecule has 0 aromatic heterocycles. The molecule has 1 N–H and O–H groups in total. The Morgan fingerprint density at radius 1 is 1.08 bits per heavy atom. The van der Waals surface area contributed by atoms with Crippen molar-refractivity contribution in [2.45, 2.75) is 31.2 Å². The molecule has 26 heavy (non-hydrogen) atoms. The Balaban J connectivity index is 2.11. The SMILES string of the molecule is CC(C)N(C)S(=O)(=O)c1ccc(NC(=O)Cc2c(Cl)cccc2Cl)cc1. The molecule has 0 aliphatic heterocycles. The van der Waals surface area contributed by atoms with Crippen molar-refractivity contribution < 1.29 is 13.2 Å². The Labute approximate surface area is 164 Å². The second-order valence-electron chi connectivity index (χ2n) is 6.06. The van der Waals surface area contributed by atoms with Crippen LogP contribution in [0.1, 0.15) is 19.4 Å². The van der Waals surface area contributed by atoms with Gasteiger partial charge in [0, 0.05) is 28.8 Å². The molecule has 0 atom stereocenters. The summed E-state index contributed by atoms with van der Waals surface area (Å²) in [6.07, 6.45) is 0.0225. The summed E-state index contributed by atoms with van der Waals surface area (Å²) >= 11 is 12.1. The summed E-state index contributed by atoms with van der Waals surface area (Å²) in [6.45, 7) is 3.60. The number of rotatable bonds is 6. The largest absolute Gasteiger partial charge is 0.326 e. The summed E-state index contributed by atoms with van der Waals surface area (Å²) in [7, 11) is -2.03. The van der Waals surface area contributed by atoms with E-state index in [0.29, 0.717) is 21.3 Å². The number of hydrogen-bond acceptors (Lipinski definition) is 3. The van der Waals surface area contributed by atoms with Crippen LogP contribution in [0.5, 0.6) is 0 Å². The minimum Gasteiger partial charge on any atom is -0.326 e. The van der Waals surface area contributed by atoms with E-state index in [-0.39, 0.29) is 23.3 Å². The molecule has 140 valence electrons. The van der Waals surface area contributed by atoms with E-state index in [1.165, 1.54) is 23.5 Å². The highest BCUT2D eigenvalue weighted by Crippen LogP contribution is 2.25. The van der Waals surface area contributed by atoms with Gasteiger partial charge in [0.15, 0.2) is 0 Å². The molecule has 0 fully saturated rings. The summed E-state index contributed by atoms with van der Waals surface area (Å²) in [4.78, 5) is 12.4. The first-order valence-electron chi connectivity index (χ1n) is 7.93. The molecule has 0 saturated carbocycles. The monoisotopic (exact) mass is 414 g/mol. The van der Waals surface area contributed by atoms with Crippen molar-refractivity contribution in [1.29, 1.82) is 0 Å². The minimum absolute atomic E-state index is 0.0225. The van der Waals surface area contributed by atoms with Crippen LogP contribution in [0.25, 0.3) is 0 Å². The van der Waals surface area contributed by atoms with Crippen LogP contribution < -0.4 is 5.32 Å². The van der Waals surface area contributed by atoms with E-state index in [4.69, 9.17) is 23.2 Å². The Bertz CT molecular complexity index is 877. The number of nitrogens with one attached hydrogen (secondary N) is 1. The van der Waals surface area contributed by atoms with Gasteiger partial charge >= 0.3 is 0 Å². The topological polar surface area (TPSA) is 66.5 Å². The summed E-state index contributed by atoms with van der Waals surface area (Å²) in [5.74, 6) is -0.296. The Kier molecular flexibility index (Phi) is 6.69. The molecule has 0 heterocycles. The van der Waals surface area contributed by atoms with Crippen molar-refractivity contribution in [3.63, 3.8) is 0 Å². The van der Waals surface area contributed by atoms with E-state index in [2.05, 4.69) is 5.32 Å². The molecule has 2 aromatic rings. The molecule has 0 spiro atoms. The number of carbonyl (C=O) groups is 1. The van der Waals surface area contributed by atoms with Crippen molar-refractivity contribution in [1.82, 2.24) is 4.31 Å². The van der Waals surface area contributed by atoms with Crippen LogP contribution in [-0.2, 0) is 21.2 Å². The molecule has 0 saturated heterocycles. The maximum absolute atomic E-state index is 12.4. The van der Waals surface area contributed by atoms with Gasteiger partial charge in [-0.2, -0.15) is 4.31 Å². The normalized spacial score (nSPS) is 11.8. The highest BCUT2D eigenvalue weighted by molar-refractivity contribution is 7.89. The van der Waals surface area contributed by atoms with E-state index in [9.17, 15) is 13.2 Å². The number of benzene rings is 2. The fourth-order valence-electron chi connectivity index (χ4n) is 2.22. The lowest BCUT2D eigenvalue weighted by Crippen LogP contribution is -2.33. The van der Waals surface area contributed by atoms with Crippen LogP contribution in [-0.4, -0.2) is 31.7 Å². The molecule has 5 nitrogen and oxygen atoms in total. The molecule has 0 aliphatic carbocycles. The molecular weight excluding hydrogens is 395 g/mol. The average molecular weight is 415 g/mol. The third-order valence-electron chi connectivity index (χ3n) is 3.94. The van der Waals surface area contributed by atoms with E-state index in [1.54, 1.807) is 44.2 Å². The van der Waals surface area contributed by atoms with Crippen LogP contribution in [0.4, 0.5) is 5.69 Å². The molecule has 2 aromatic carbocycles. The first-order valence-corrected chi connectivity index (χ1v) is 10.1. The van der Waals surface area contributed by atoms with Crippen LogP contribution in [0.3, 0.4) is 0 Å². The average Bonchev–Trinajstić information content (AvgIpc) is 2.58. The van der Waals surface area contributed by atoms with Gasteiger partial charge < -0.3 is 5.32 Å². The highest BCUT2D eigenvalue weighted by Gasteiger charge is 2.22. The van der Waals surface area contributed by atoms with Crippen LogP contribution in [0.15, 0.2) is 47.4 Å². The van der Waals surface area contributed by atoms with Gasteiger partial charge in [0.25, 0.3) is 0 Å². The quantitative estimate of drug-likeness (QED) is 0.769. The fourth-order valence-corrected chi connectivity index (χ4v) is 4.12. The molecule has 0 bridgehead atoms. The third-order valence-corrected chi connectivity index (χ3v) is 6.70. The molecule has 0 radical (unpaired) electrons. The van der Waals surface area contributed by atoms with Gasteiger partial charge in [-0.05, 0) is 55.8 Å². The summed E-state index contributed by atoms with van der Waals surface area (Å²) in [6, 6.07) is 10.9. The summed E-state index contributed by atoms with van der Waals surface area (Å²) in [5, 5.41) is 3.55. The zero-order valence-electron chi connectivity index (χ0n) is 14.7. The van der Waals surface area contributed by atoms with Gasteiger partial charge in [-0.1, -0.05) is 29.3 Å². The number of amides is 1. The third kappa shape index (κ3) is 4.76. The minimum atomic E-state index is -3.56. The molecular formula is C18H20Cl2N2O3S. The van der Waals surface area contributed by atoms with Gasteiger partial charge in [-0.3, -0.25) is 4.79 Å². The highest BCUT2D eigenvalue weighted by atomic mass is 35.5. The number of halogens is 2. The second kappa shape index (κ2) is 8.39. The number of anilines is 1. The van der Waals surface area contributed by atoms with Gasteiger partial charge in [-0.25, -0.2) is 8.42 Å². The van der Waals surface area contributed by atoms with Crippen molar-refractivity contribution in [3.8, 4) is 0 Å². The van der Waals surface area contributed by atoms with E-state index in [1.807, 2.05) is 0 Å². The molecule has 2 rings (SSSR count). The molecule has 0 aliphatic rings. The van der Waals surface area contributed by atoms with Crippen LogP contribution in [0, 0.1) is 0 Å². The summed E-state index contributed by atoms with van der Waals surface area (Å²) < 4.78 is 26.2. The van der Waals surface area contributed by atoms with Gasteiger partial charge in [-0.15, -0.1) is 0 Å². The van der Waals surface area contributed by atoms with Gasteiger partial charge in [0.2, 0.25) is 15.9 Å². The van der Waals surface area contributed by atoms with Crippen molar-refractivity contribution in [3.05, 3.63) is 58.1 Å². The van der Waals surface area contributed by atoms with Crippen LogP contribution in [0.2, 0.25) is 10.0 Å². The number of nitrogens with zero attached hydrogens (tertiary/aromatic N) is 1. The number of hydrogen-bond donors (Lipinski definition) is 1. The van der Waals surface area contributed by atoms with Crippen molar-refractivity contribution >= 4 is 44.8 Å². The number of sulfonamides is 1. The second-order valence-corrected chi connectivity index (χ2v) is 8.88. The first-order chi connectivity index (χ1) is 12.1. The van der Waals surface area contributed by atoms with Crippen molar-refractivity contribution in [2.24, 2.45) is 0 Å². The van der Waals surface area contributed by atoms with Crippen LogP contribution >= 0.6 is 23.2 Å². The first kappa shape index (κ1) is 20.7. The number of carbonyl (C=O) groups excluding carboxylic acids is 1. The van der Waals surface area contributed by atoms with E-state index >= 15 is 0 Å². The molecule has 0 unspecified atom stereocenters. The lowest BCUT2D eigenvalue weighted by Gasteiger charge is -2.21. The standard InChI is InChI=1S/C18H20Cl2N2O3S/c1-12(2)22(3)26(24,25)14-9-7-13(8-10-14)21-18(23)11-15-16(19)5-4-6-17(15)20/h4-10,12H,11H2,1-3H3,(H,21,23). The Morgan fingerprint density at radius 3 is 2.12 bits per heavy atom. The van der Waals surface area contributed by atoms with Gasteiger partial charge in [0.1, 0.15) is 0 Å². The summed E-state index contributed by atoms with van der Waals surface area (Å²) in [5.41, 5.74) is 1.04. The van der Waals surface area contributed by atoms with E-state index < -0.39 is 10.0 Å².